The standard InChI is InChI=1S/C16H26O/c1-5-10-16(4,12-17)11-14-6-8-15(9-7-14)13(2)3/h6-9,13,17H,5,10-12H2,1-4H3. The molecule has 0 radical (unpaired) electrons. The van der Waals surface area contributed by atoms with Crippen LogP contribution in [-0.4, -0.2) is 11.7 Å². The van der Waals surface area contributed by atoms with Crippen LogP contribution in [0.4, 0.5) is 0 Å². The average molecular weight is 234 g/mol. The molecular weight excluding hydrogens is 208 g/mol. The summed E-state index contributed by atoms with van der Waals surface area (Å²) in [5.74, 6) is 0.587. The van der Waals surface area contributed by atoms with Gasteiger partial charge in [-0.25, -0.2) is 0 Å². The minimum atomic E-state index is 0.0358. The molecule has 0 heterocycles. The van der Waals surface area contributed by atoms with Gasteiger partial charge in [0, 0.05) is 6.61 Å². The number of aliphatic hydroxyl groups is 1. The molecule has 96 valence electrons. The van der Waals surface area contributed by atoms with Crippen molar-refractivity contribution in [2.45, 2.75) is 52.9 Å². The van der Waals surface area contributed by atoms with Gasteiger partial charge in [0.2, 0.25) is 0 Å². The molecule has 1 unspecified atom stereocenters. The predicted octanol–water partition coefficient (Wildman–Crippen LogP) is 4.15. The van der Waals surface area contributed by atoms with Crippen molar-refractivity contribution in [2.24, 2.45) is 5.41 Å². The van der Waals surface area contributed by atoms with Crippen LogP contribution in [0.1, 0.15) is 57.6 Å². The van der Waals surface area contributed by atoms with Crippen LogP contribution in [0.15, 0.2) is 24.3 Å². The quantitative estimate of drug-likeness (QED) is 0.784. The monoisotopic (exact) mass is 234 g/mol. The maximum atomic E-state index is 9.52. The molecule has 0 aromatic heterocycles. The third-order valence-corrected chi connectivity index (χ3v) is 3.51. The smallest absolute Gasteiger partial charge is 0.0487 e. The number of hydrogen-bond acceptors (Lipinski definition) is 1. The molecule has 0 spiro atoms. The van der Waals surface area contributed by atoms with Gasteiger partial charge >= 0.3 is 0 Å². The van der Waals surface area contributed by atoms with Crippen LogP contribution in [0.25, 0.3) is 0 Å². The zero-order chi connectivity index (χ0) is 12.9. The SMILES string of the molecule is CCCC(C)(CO)Cc1ccc(C(C)C)cc1. The lowest BCUT2D eigenvalue weighted by Crippen LogP contribution is -2.24. The van der Waals surface area contributed by atoms with E-state index < -0.39 is 0 Å². The Bertz CT molecular complexity index is 326. The van der Waals surface area contributed by atoms with Crippen LogP contribution in [0.3, 0.4) is 0 Å². The van der Waals surface area contributed by atoms with E-state index in [1.165, 1.54) is 11.1 Å². The zero-order valence-corrected chi connectivity index (χ0v) is 11.7. The molecule has 0 bridgehead atoms. The van der Waals surface area contributed by atoms with E-state index in [1.54, 1.807) is 0 Å². The number of benzene rings is 1. The van der Waals surface area contributed by atoms with E-state index in [0.29, 0.717) is 5.92 Å². The second-order valence-electron chi connectivity index (χ2n) is 5.79. The van der Waals surface area contributed by atoms with Crippen molar-refractivity contribution in [1.82, 2.24) is 0 Å². The normalized spacial score (nSPS) is 14.9. The van der Waals surface area contributed by atoms with Gasteiger partial charge in [-0.3, -0.25) is 0 Å². The lowest BCUT2D eigenvalue weighted by molar-refractivity contribution is 0.131. The van der Waals surface area contributed by atoms with Gasteiger partial charge in [0.25, 0.3) is 0 Å². The van der Waals surface area contributed by atoms with Gasteiger partial charge in [0.1, 0.15) is 0 Å². The highest BCUT2D eigenvalue weighted by Crippen LogP contribution is 2.28. The second kappa shape index (κ2) is 6.20. The first-order valence-corrected chi connectivity index (χ1v) is 6.70. The molecule has 0 amide bonds. The fraction of sp³-hybridized carbons (Fsp3) is 0.625. The molecule has 1 atom stereocenters. The predicted molar refractivity (Wildman–Crippen MR) is 74.3 cm³/mol. The lowest BCUT2D eigenvalue weighted by Gasteiger charge is -2.27. The van der Waals surface area contributed by atoms with Gasteiger partial charge in [-0.15, -0.1) is 0 Å². The molecule has 0 saturated carbocycles. The van der Waals surface area contributed by atoms with E-state index in [-0.39, 0.29) is 12.0 Å². The molecule has 0 fully saturated rings. The zero-order valence-electron chi connectivity index (χ0n) is 11.7. The molecule has 1 rings (SSSR count). The number of rotatable bonds is 6. The van der Waals surface area contributed by atoms with E-state index in [4.69, 9.17) is 0 Å². The van der Waals surface area contributed by atoms with E-state index in [0.717, 1.165) is 19.3 Å². The molecule has 1 nitrogen and oxygen atoms in total. The van der Waals surface area contributed by atoms with Crippen LogP contribution < -0.4 is 0 Å². The summed E-state index contributed by atoms with van der Waals surface area (Å²) in [4.78, 5) is 0. The molecule has 0 aliphatic rings. The van der Waals surface area contributed by atoms with Gasteiger partial charge in [-0.1, -0.05) is 58.4 Å². The van der Waals surface area contributed by atoms with Crippen LogP contribution in [-0.2, 0) is 6.42 Å². The highest BCUT2D eigenvalue weighted by molar-refractivity contribution is 5.25. The largest absolute Gasteiger partial charge is 0.396 e. The first kappa shape index (κ1) is 14.2. The highest BCUT2D eigenvalue weighted by Gasteiger charge is 2.22. The Kier molecular flexibility index (Phi) is 5.20. The van der Waals surface area contributed by atoms with Crippen LogP contribution in [0, 0.1) is 5.41 Å². The van der Waals surface area contributed by atoms with Crippen molar-refractivity contribution in [3.63, 3.8) is 0 Å². The Morgan fingerprint density at radius 3 is 2.18 bits per heavy atom. The molecule has 1 heteroatoms. The summed E-state index contributed by atoms with van der Waals surface area (Å²) < 4.78 is 0. The molecular formula is C16H26O. The fourth-order valence-corrected chi connectivity index (χ4v) is 2.34. The van der Waals surface area contributed by atoms with E-state index in [1.807, 2.05) is 0 Å². The van der Waals surface area contributed by atoms with E-state index in [9.17, 15) is 5.11 Å². The van der Waals surface area contributed by atoms with Gasteiger partial charge in [0.05, 0.1) is 0 Å². The summed E-state index contributed by atoms with van der Waals surface area (Å²) in [5, 5.41) is 9.52. The average Bonchev–Trinajstić information content (AvgIpc) is 2.30. The van der Waals surface area contributed by atoms with Crippen LogP contribution in [0.2, 0.25) is 0 Å². The molecule has 1 N–H and O–H groups in total. The van der Waals surface area contributed by atoms with Crippen LogP contribution >= 0.6 is 0 Å². The minimum Gasteiger partial charge on any atom is -0.396 e. The molecule has 1 aromatic carbocycles. The number of hydrogen-bond donors (Lipinski definition) is 1. The van der Waals surface area contributed by atoms with Gasteiger partial charge < -0.3 is 5.11 Å². The van der Waals surface area contributed by atoms with Crippen molar-refractivity contribution >= 4 is 0 Å². The van der Waals surface area contributed by atoms with Gasteiger partial charge in [0.15, 0.2) is 0 Å². The van der Waals surface area contributed by atoms with Crippen molar-refractivity contribution in [2.75, 3.05) is 6.61 Å². The highest BCUT2D eigenvalue weighted by atomic mass is 16.3. The first-order valence-electron chi connectivity index (χ1n) is 6.70. The number of aliphatic hydroxyl groups excluding tert-OH is 1. The topological polar surface area (TPSA) is 20.2 Å². The Labute approximate surface area is 106 Å². The summed E-state index contributed by atoms with van der Waals surface area (Å²) in [7, 11) is 0. The van der Waals surface area contributed by atoms with Crippen LogP contribution in [0.5, 0.6) is 0 Å². The fourth-order valence-electron chi connectivity index (χ4n) is 2.34. The molecule has 1 aromatic rings. The van der Waals surface area contributed by atoms with Crippen molar-refractivity contribution in [1.29, 1.82) is 0 Å². The molecule has 17 heavy (non-hydrogen) atoms. The Hall–Kier alpha value is -0.820. The van der Waals surface area contributed by atoms with Crippen molar-refractivity contribution in [3.05, 3.63) is 35.4 Å². The molecule has 0 saturated heterocycles. The van der Waals surface area contributed by atoms with Gasteiger partial charge in [-0.05, 0) is 35.3 Å². The van der Waals surface area contributed by atoms with Gasteiger partial charge in [-0.2, -0.15) is 0 Å². The first-order chi connectivity index (χ1) is 8.00. The molecule has 0 aliphatic heterocycles. The molecule has 0 aliphatic carbocycles. The third kappa shape index (κ3) is 4.16. The van der Waals surface area contributed by atoms with E-state index in [2.05, 4.69) is 52.0 Å². The summed E-state index contributed by atoms with van der Waals surface area (Å²) >= 11 is 0. The maximum Gasteiger partial charge on any atom is 0.0487 e. The third-order valence-electron chi connectivity index (χ3n) is 3.51. The summed E-state index contributed by atoms with van der Waals surface area (Å²) in [6.07, 6.45) is 3.17. The summed E-state index contributed by atoms with van der Waals surface area (Å²) in [6, 6.07) is 8.84. The Morgan fingerprint density at radius 2 is 1.76 bits per heavy atom. The van der Waals surface area contributed by atoms with Crippen molar-refractivity contribution < 1.29 is 5.11 Å². The Morgan fingerprint density at radius 1 is 1.18 bits per heavy atom. The summed E-state index contributed by atoms with van der Waals surface area (Å²) in [6.45, 7) is 9.04. The Balaban J connectivity index is 2.73. The maximum absolute atomic E-state index is 9.52. The summed E-state index contributed by atoms with van der Waals surface area (Å²) in [5.41, 5.74) is 2.75. The van der Waals surface area contributed by atoms with Crippen molar-refractivity contribution in [3.8, 4) is 0 Å². The lowest BCUT2D eigenvalue weighted by atomic mass is 9.80. The second-order valence-corrected chi connectivity index (χ2v) is 5.79. The van der Waals surface area contributed by atoms with E-state index >= 15 is 0 Å². The minimum absolute atomic E-state index is 0.0358.